The number of likely N-dealkylation sites (tertiary alicyclic amines) is 1. The smallest absolute Gasteiger partial charge is 0.0664 e. The summed E-state index contributed by atoms with van der Waals surface area (Å²) in [6.07, 6.45) is 1.99. The summed E-state index contributed by atoms with van der Waals surface area (Å²) < 4.78 is 0. The van der Waals surface area contributed by atoms with Gasteiger partial charge in [0.15, 0.2) is 0 Å². The van der Waals surface area contributed by atoms with Crippen LogP contribution in [-0.4, -0.2) is 41.5 Å². The van der Waals surface area contributed by atoms with Crippen molar-refractivity contribution in [3.05, 3.63) is 30.3 Å². The first-order valence-corrected chi connectivity index (χ1v) is 7.84. The monoisotopic (exact) mass is 265 g/mol. The predicted octanol–water partition coefficient (Wildman–Crippen LogP) is 2.87. The first kappa shape index (κ1) is 13.9. The topological polar surface area (TPSA) is 23.5 Å². The Morgan fingerprint density at radius 2 is 2.17 bits per heavy atom. The second-order valence-corrected chi connectivity index (χ2v) is 6.19. The minimum Gasteiger partial charge on any atom is -0.392 e. The molecule has 2 rings (SSSR count). The van der Waals surface area contributed by atoms with Crippen LogP contribution in [0.1, 0.15) is 19.8 Å². The summed E-state index contributed by atoms with van der Waals surface area (Å²) in [6, 6.07) is 10.6. The van der Waals surface area contributed by atoms with Gasteiger partial charge >= 0.3 is 0 Å². The van der Waals surface area contributed by atoms with Crippen molar-refractivity contribution in [3.8, 4) is 0 Å². The van der Waals surface area contributed by atoms with Gasteiger partial charge in [-0.2, -0.15) is 0 Å². The maximum atomic E-state index is 9.67. The number of hydrogen-bond donors (Lipinski definition) is 1. The molecule has 0 amide bonds. The van der Waals surface area contributed by atoms with E-state index in [0.717, 1.165) is 32.0 Å². The second-order valence-electron chi connectivity index (χ2n) is 5.10. The van der Waals surface area contributed by atoms with E-state index in [1.807, 2.05) is 18.7 Å². The van der Waals surface area contributed by atoms with Gasteiger partial charge in [-0.05, 0) is 37.4 Å². The average molecular weight is 265 g/mol. The van der Waals surface area contributed by atoms with Gasteiger partial charge in [-0.1, -0.05) is 25.1 Å². The molecule has 100 valence electrons. The summed E-state index contributed by atoms with van der Waals surface area (Å²) in [6.45, 7) is 5.19. The summed E-state index contributed by atoms with van der Waals surface area (Å²) in [7, 11) is 0. The molecule has 1 saturated heterocycles. The largest absolute Gasteiger partial charge is 0.392 e. The van der Waals surface area contributed by atoms with E-state index in [-0.39, 0.29) is 6.10 Å². The predicted molar refractivity (Wildman–Crippen MR) is 78.0 cm³/mol. The van der Waals surface area contributed by atoms with Crippen molar-refractivity contribution in [1.82, 2.24) is 4.90 Å². The standard InChI is InChI=1S/C15H23NOS/c1-2-14(17)11-16-9-8-13(10-16)12-18-15-6-4-3-5-7-15/h3-7,13-14,17H,2,8-12H2,1H3/t13?,14-/m1/s1. The maximum absolute atomic E-state index is 9.67. The van der Waals surface area contributed by atoms with Crippen molar-refractivity contribution in [2.24, 2.45) is 5.92 Å². The Balaban J connectivity index is 1.70. The molecule has 0 aliphatic carbocycles. The molecule has 2 atom stereocenters. The van der Waals surface area contributed by atoms with Crippen LogP contribution in [-0.2, 0) is 0 Å². The Hall–Kier alpha value is -0.510. The number of aliphatic hydroxyl groups excluding tert-OH is 1. The molecule has 1 N–H and O–H groups in total. The van der Waals surface area contributed by atoms with Crippen molar-refractivity contribution < 1.29 is 5.11 Å². The highest BCUT2D eigenvalue weighted by atomic mass is 32.2. The van der Waals surface area contributed by atoms with Gasteiger partial charge < -0.3 is 10.0 Å². The third kappa shape index (κ3) is 4.30. The Morgan fingerprint density at radius 3 is 2.89 bits per heavy atom. The molecule has 1 aromatic carbocycles. The molecule has 1 aliphatic heterocycles. The number of thioether (sulfide) groups is 1. The fourth-order valence-corrected chi connectivity index (χ4v) is 3.42. The third-order valence-corrected chi connectivity index (χ3v) is 4.78. The van der Waals surface area contributed by atoms with E-state index in [2.05, 4.69) is 35.2 Å². The number of nitrogens with zero attached hydrogens (tertiary/aromatic N) is 1. The van der Waals surface area contributed by atoms with Crippen LogP contribution < -0.4 is 0 Å². The molecule has 1 heterocycles. The van der Waals surface area contributed by atoms with Crippen LogP contribution in [0.3, 0.4) is 0 Å². The first-order valence-electron chi connectivity index (χ1n) is 6.86. The van der Waals surface area contributed by atoms with E-state index in [4.69, 9.17) is 0 Å². The molecule has 1 aliphatic rings. The van der Waals surface area contributed by atoms with Crippen LogP contribution in [0, 0.1) is 5.92 Å². The molecule has 3 heteroatoms. The van der Waals surface area contributed by atoms with E-state index in [9.17, 15) is 5.11 Å². The van der Waals surface area contributed by atoms with E-state index in [1.54, 1.807) is 0 Å². The summed E-state index contributed by atoms with van der Waals surface area (Å²) in [5.74, 6) is 1.97. The molecule has 0 bridgehead atoms. The molecule has 0 spiro atoms. The average Bonchev–Trinajstić information content (AvgIpc) is 2.85. The quantitative estimate of drug-likeness (QED) is 0.800. The molecule has 1 unspecified atom stereocenters. The molecular weight excluding hydrogens is 242 g/mol. The Morgan fingerprint density at radius 1 is 1.39 bits per heavy atom. The molecule has 0 radical (unpaired) electrons. The van der Waals surface area contributed by atoms with E-state index >= 15 is 0 Å². The van der Waals surface area contributed by atoms with Gasteiger partial charge in [-0.3, -0.25) is 0 Å². The van der Waals surface area contributed by atoms with Crippen molar-refractivity contribution in [2.45, 2.75) is 30.8 Å². The van der Waals surface area contributed by atoms with Gasteiger partial charge in [0.05, 0.1) is 6.10 Å². The first-order chi connectivity index (χ1) is 8.78. The van der Waals surface area contributed by atoms with Crippen molar-refractivity contribution >= 4 is 11.8 Å². The van der Waals surface area contributed by atoms with Crippen molar-refractivity contribution in [1.29, 1.82) is 0 Å². The van der Waals surface area contributed by atoms with Crippen molar-refractivity contribution in [2.75, 3.05) is 25.4 Å². The van der Waals surface area contributed by atoms with Crippen molar-refractivity contribution in [3.63, 3.8) is 0 Å². The van der Waals surface area contributed by atoms with E-state index in [1.165, 1.54) is 17.1 Å². The fourth-order valence-electron chi connectivity index (χ4n) is 2.37. The third-order valence-electron chi connectivity index (χ3n) is 3.54. The lowest BCUT2D eigenvalue weighted by Gasteiger charge is -2.19. The summed E-state index contributed by atoms with van der Waals surface area (Å²) in [5.41, 5.74) is 0. The molecule has 0 aromatic heterocycles. The van der Waals surface area contributed by atoms with E-state index in [0.29, 0.717) is 0 Å². The minimum atomic E-state index is -0.148. The zero-order chi connectivity index (χ0) is 12.8. The van der Waals surface area contributed by atoms with Gasteiger partial charge in [-0.25, -0.2) is 0 Å². The van der Waals surface area contributed by atoms with Crippen LogP contribution in [0.25, 0.3) is 0 Å². The zero-order valence-electron chi connectivity index (χ0n) is 11.1. The Labute approximate surface area is 114 Å². The van der Waals surface area contributed by atoms with Gasteiger partial charge in [0, 0.05) is 23.7 Å². The molecular formula is C15H23NOS. The molecule has 2 nitrogen and oxygen atoms in total. The number of β-amino-alcohol motifs (C(OH)–C–C–N with tert-alkyl or cyclic N) is 1. The van der Waals surface area contributed by atoms with Crippen LogP contribution in [0.5, 0.6) is 0 Å². The maximum Gasteiger partial charge on any atom is 0.0664 e. The van der Waals surface area contributed by atoms with Gasteiger partial charge in [0.25, 0.3) is 0 Å². The molecule has 1 aromatic rings. The van der Waals surface area contributed by atoms with Crippen LogP contribution >= 0.6 is 11.8 Å². The number of rotatable bonds is 6. The van der Waals surface area contributed by atoms with E-state index < -0.39 is 0 Å². The zero-order valence-corrected chi connectivity index (χ0v) is 11.9. The summed E-state index contributed by atoms with van der Waals surface area (Å²) >= 11 is 1.96. The fraction of sp³-hybridized carbons (Fsp3) is 0.600. The van der Waals surface area contributed by atoms with Crippen LogP contribution in [0.2, 0.25) is 0 Å². The lowest BCUT2D eigenvalue weighted by molar-refractivity contribution is 0.120. The lowest BCUT2D eigenvalue weighted by atomic mass is 10.2. The highest BCUT2D eigenvalue weighted by Gasteiger charge is 2.23. The lowest BCUT2D eigenvalue weighted by Crippen LogP contribution is -2.30. The summed E-state index contributed by atoms with van der Waals surface area (Å²) in [5, 5.41) is 9.67. The molecule has 0 saturated carbocycles. The molecule has 1 fully saturated rings. The Bertz CT molecular complexity index is 344. The molecule has 18 heavy (non-hydrogen) atoms. The highest BCUT2D eigenvalue weighted by molar-refractivity contribution is 7.99. The number of aliphatic hydroxyl groups is 1. The SMILES string of the molecule is CC[C@@H](O)CN1CCC(CSc2ccccc2)C1. The van der Waals surface area contributed by atoms with Gasteiger partial charge in [0.1, 0.15) is 0 Å². The normalized spacial score (nSPS) is 22.2. The Kier molecular flexibility index (Phi) is 5.54. The van der Waals surface area contributed by atoms with Crippen LogP contribution in [0.15, 0.2) is 35.2 Å². The minimum absolute atomic E-state index is 0.148. The second kappa shape index (κ2) is 7.17. The number of benzene rings is 1. The van der Waals surface area contributed by atoms with Crippen LogP contribution in [0.4, 0.5) is 0 Å². The summed E-state index contributed by atoms with van der Waals surface area (Å²) in [4.78, 5) is 3.77. The van der Waals surface area contributed by atoms with Gasteiger partial charge in [-0.15, -0.1) is 11.8 Å². The number of hydrogen-bond acceptors (Lipinski definition) is 3. The van der Waals surface area contributed by atoms with Gasteiger partial charge in [0.2, 0.25) is 0 Å². The highest BCUT2D eigenvalue weighted by Crippen LogP contribution is 2.25.